The fourth-order valence-corrected chi connectivity index (χ4v) is 5.38. The number of benzene rings is 2. The van der Waals surface area contributed by atoms with Gasteiger partial charge in [-0.05, 0) is 47.5 Å². The lowest BCUT2D eigenvalue weighted by atomic mass is 10.0. The Hall–Kier alpha value is -3.86. The van der Waals surface area contributed by atoms with Crippen LogP contribution >= 0.6 is 11.8 Å². The Morgan fingerprint density at radius 3 is 2.68 bits per heavy atom. The highest BCUT2D eigenvalue weighted by atomic mass is 32.2. The number of halogens is 3. The summed E-state index contributed by atoms with van der Waals surface area (Å²) in [4.78, 5) is 30.6. The zero-order valence-corrected chi connectivity index (χ0v) is 21.4. The Bertz CT molecular complexity index is 1560. The van der Waals surface area contributed by atoms with Crippen molar-refractivity contribution < 1.29 is 27.1 Å². The Morgan fingerprint density at radius 2 is 1.95 bits per heavy atom. The first-order valence-electron chi connectivity index (χ1n) is 12.0. The highest BCUT2D eigenvalue weighted by Gasteiger charge is 2.46. The molecule has 1 amide bonds. The molecule has 0 aliphatic carbocycles. The number of aromatic amines is 1. The molecule has 0 bridgehead atoms. The second-order valence-corrected chi connectivity index (χ2v) is 9.90. The van der Waals surface area contributed by atoms with Gasteiger partial charge in [-0.15, -0.1) is 0 Å². The van der Waals surface area contributed by atoms with Gasteiger partial charge in [-0.2, -0.15) is 13.2 Å². The van der Waals surface area contributed by atoms with Gasteiger partial charge in [0.1, 0.15) is 5.76 Å². The van der Waals surface area contributed by atoms with E-state index >= 15 is 0 Å². The number of nitrogens with zero attached hydrogens (tertiary/aromatic N) is 3. The van der Waals surface area contributed by atoms with Crippen molar-refractivity contribution in [3.05, 3.63) is 82.3 Å². The summed E-state index contributed by atoms with van der Waals surface area (Å²) < 4.78 is 47.4. The summed E-state index contributed by atoms with van der Waals surface area (Å²) in [7, 11) is 0. The predicted molar refractivity (Wildman–Crippen MR) is 137 cm³/mol. The molecule has 5 rings (SSSR count). The number of amides is 1. The van der Waals surface area contributed by atoms with Gasteiger partial charge in [0.15, 0.2) is 5.76 Å². The largest absolute Gasteiger partial charge is 0.452 e. The topological polar surface area (TPSA) is 83.1 Å². The third kappa shape index (κ3) is 4.73. The lowest BCUT2D eigenvalue weighted by Gasteiger charge is -2.30. The second-order valence-electron chi connectivity index (χ2n) is 8.81. The first-order valence-corrected chi connectivity index (χ1v) is 13.0. The molecule has 1 N–H and O–H groups in total. The molecular weight excluding hydrogens is 517 g/mol. The van der Waals surface area contributed by atoms with Gasteiger partial charge in [-0.25, -0.2) is 4.90 Å². The standard InChI is InChI=1S/C27H23F3N4O3S/c1-3-4-14-38-26-31-24(36)23-19-10-5-6-11-20(19)33(16(2)35)25(34(23)32-26)22-13-12-21(37-22)17-8-7-9-18(15-17)27(28,29)30/h5-13,15,25H,3-4,14H2,1-2H3/p+1/t25-/m1/s1. The third-order valence-corrected chi connectivity index (χ3v) is 7.14. The van der Waals surface area contributed by atoms with Crippen molar-refractivity contribution in [1.29, 1.82) is 0 Å². The molecule has 7 nitrogen and oxygen atoms in total. The van der Waals surface area contributed by atoms with Gasteiger partial charge >= 0.3 is 23.6 Å². The molecule has 1 aliphatic heterocycles. The van der Waals surface area contributed by atoms with E-state index in [2.05, 4.69) is 17.0 Å². The molecule has 0 fully saturated rings. The first-order chi connectivity index (χ1) is 18.2. The molecule has 0 unspecified atom stereocenters. The predicted octanol–water partition coefficient (Wildman–Crippen LogP) is 5.81. The third-order valence-electron chi connectivity index (χ3n) is 6.19. The molecule has 0 spiro atoms. The van der Waals surface area contributed by atoms with Gasteiger partial charge in [0.25, 0.3) is 0 Å². The monoisotopic (exact) mass is 541 g/mol. The van der Waals surface area contributed by atoms with E-state index in [-0.39, 0.29) is 34.2 Å². The summed E-state index contributed by atoms with van der Waals surface area (Å²) in [6.07, 6.45) is -3.56. The fourth-order valence-electron chi connectivity index (χ4n) is 4.44. The summed E-state index contributed by atoms with van der Waals surface area (Å²) in [6.45, 7) is 3.46. The number of fused-ring (bicyclic) bond motifs is 3. The minimum Gasteiger partial charge on any atom is -0.452 e. The van der Waals surface area contributed by atoms with E-state index in [4.69, 9.17) is 4.42 Å². The van der Waals surface area contributed by atoms with Crippen LogP contribution in [0.4, 0.5) is 18.9 Å². The molecule has 0 saturated carbocycles. The van der Waals surface area contributed by atoms with Crippen LogP contribution in [0.5, 0.6) is 0 Å². The number of para-hydroxylation sites is 1. The molecule has 38 heavy (non-hydrogen) atoms. The molecule has 11 heteroatoms. The molecule has 2 aromatic heterocycles. The van der Waals surface area contributed by atoms with Gasteiger partial charge < -0.3 is 4.42 Å². The van der Waals surface area contributed by atoms with E-state index in [1.54, 1.807) is 36.4 Å². The van der Waals surface area contributed by atoms with Gasteiger partial charge in [0, 0.05) is 23.3 Å². The quantitative estimate of drug-likeness (QED) is 0.189. The van der Waals surface area contributed by atoms with Crippen LogP contribution in [-0.4, -0.2) is 21.7 Å². The van der Waals surface area contributed by atoms with Gasteiger partial charge in [-0.1, -0.05) is 49.4 Å². The lowest BCUT2D eigenvalue weighted by molar-refractivity contribution is -0.764. The smallest absolute Gasteiger partial charge is 0.416 e. The van der Waals surface area contributed by atoms with Crippen LogP contribution in [0.15, 0.2) is 75.0 Å². The highest BCUT2D eigenvalue weighted by molar-refractivity contribution is 7.99. The number of alkyl halides is 3. The summed E-state index contributed by atoms with van der Waals surface area (Å²) in [5, 5.41) is 5.08. The second kappa shape index (κ2) is 10.1. The van der Waals surface area contributed by atoms with Crippen LogP contribution in [0.25, 0.3) is 22.6 Å². The number of carbonyl (C=O) groups excluding carboxylic acids is 1. The van der Waals surface area contributed by atoms with Crippen LogP contribution in [0, 0.1) is 0 Å². The molecule has 3 heterocycles. The molecule has 4 aromatic rings. The number of aromatic nitrogens is 3. The minimum atomic E-state index is -4.50. The number of anilines is 1. The van der Waals surface area contributed by atoms with Crippen LogP contribution in [0.3, 0.4) is 0 Å². The fraction of sp³-hybridized carbons (Fsp3) is 0.259. The molecule has 0 radical (unpaired) electrons. The van der Waals surface area contributed by atoms with Crippen molar-refractivity contribution in [3.8, 4) is 22.6 Å². The molecule has 1 aliphatic rings. The number of nitrogens with one attached hydrogen (secondary N) is 1. The maximum Gasteiger partial charge on any atom is 0.416 e. The zero-order chi connectivity index (χ0) is 27.0. The number of H-pyrrole nitrogens is 1. The molecule has 2 aromatic carbocycles. The Balaban J connectivity index is 1.67. The van der Waals surface area contributed by atoms with E-state index in [1.165, 1.54) is 40.4 Å². The summed E-state index contributed by atoms with van der Waals surface area (Å²) in [5.41, 5.74) is 0.343. The average Bonchev–Trinajstić information content (AvgIpc) is 3.37. The molecule has 196 valence electrons. The van der Waals surface area contributed by atoms with E-state index in [0.29, 0.717) is 16.4 Å². The van der Waals surface area contributed by atoms with Crippen molar-refractivity contribution in [2.24, 2.45) is 0 Å². The van der Waals surface area contributed by atoms with Crippen molar-refractivity contribution in [2.75, 3.05) is 10.7 Å². The van der Waals surface area contributed by atoms with Crippen LogP contribution in [-0.2, 0) is 11.0 Å². The van der Waals surface area contributed by atoms with Crippen molar-refractivity contribution in [3.63, 3.8) is 0 Å². The van der Waals surface area contributed by atoms with Gasteiger partial charge in [-0.3, -0.25) is 14.6 Å². The van der Waals surface area contributed by atoms with Crippen LogP contribution in [0.1, 0.15) is 44.2 Å². The normalized spacial score (nSPS) is 14.8. The molecule has 1 atom stereocenters. The molecular formula is C27H24F3N4O3S+. The van der Waals surface area contributed by atoms with Crippen molar-refractivity contribution >= 4 is 23.4 Å². The highest BCUT2D eigenvalue weighted by Crippen LogP contribution is 2.39. The number of unbranched alkanes of at least 4 members (excludes halogenated alkanes) is 1. The minimum absolute atomic E-state index is 0.193. The number of thioether (sulfide) groups is 1. The average molecular weight is 542 g/mol. The van der Waals surface area contributed by atoms with E-state index in [0.717, 1.165) is 30.7 Å². The number of hydrogen-bond donors (Lipinski definition) is 1. The Labute approximate surface area is 220 Å². The van der Waals surface area contributed by atoms with Gasteiger partial charge in [0.05, 0.1) is 16.8 Å². The molecule has 0 saturated heterocycles. The maximum atomic E-state index is 13.3. The number of hydrogen-bond acceptors (Lipinski definition) is 5. The lowest BCUT2D eigenvalue weighted by Crippen LogP contribution is -2.60. The number of rotatable bonds is 6. The maximum absolute atomic E-state index is 13.3. The summed E-state index contributed by atoms with van der Waals surface area (Å²) >= 11 is 1.40. The first kappa shape index (κ1) is 25.8. The summed E-state index contributed by atoms with van der Waals surface area (Å²) in [5.74, 6) is 0.866. The van der Waals surface area contributed by atoms with E-state index in [1.807, 2.05) is 0 Å². The van der Waals surface area contributed by atoms with Crippen LogP contribution in [0.2, 0.25) is 0 Å². The van der Waals surface area contributed by atoms with Crippen molar-refractivity contribution in [2.45, 2.75) is 44.2 Å². The van der Waals surface area contributed by atoms with Crippen LogP contribution < -0.4 is 15.1 Å². The number of carbonyl (C=O) groups is 1. The van der Waals surface area contributed by atoms with Crippen molar-refractivity contribution in [1.82, 2.24) is 10.1 Å². The van der Waals surface area contributed by atoms with E-state index < -0.39 is 17.9 Å². The van der Waals surface area contributed by atoms with E-state index in [9.17, 15) is 22.8 Å². The Kier molecular flexibility index (Phi) is 6.87. The SMILES string of the molecule is CCCCSc1n[n+]2c(c(=O)[nH]1)-c1ccccc1N(C(C)=O)[C@H]2c1ccc(-c2cccc(C(F)(F)F)c2)o1. The zero-order valence-electron chi connectivity index (χ0n) is 20.6. The van der Waals surface area contributed by atoms with Gasteiger partial charge in [0.2, 0.25) is 11.1 Å². The number of furan rings is 1. The Morgan fingerprint density at radius 1 is 1.16 bits per heavy atom. The summed E-state index contributed by atoms with van der Waals surface area (Å²) in [6, 6.07) is 15.0.